The van der Waals surface area contributed by atoms with Crippen LogP contribution in [0.25, 0.3) is 16.5 Å². The molecule has 134 valence electrons. The van der Waals surface area contributed by atoms with Gasteiger partial charge in [-0.05, 0) is 54.3 Å². The van der Waals surface area contributed by atoms with Gasteiger partial charge in [0.25, 0.3) is 0 Å². The van der Waals surface area contributed by atoms with Crippen LogP contribution in [0.5, 0.6) is 5.75 Å². The topological polar surface area (TPSA) is 51.2 Å². The van der Waals surface area contributed by atoms with Gasteiger partial charge in [-0.1, -0.05) is 18.2 Å². The van der Waals surface area contributed by atoms with Crippen molar-refractivity contribution in [2.75, 3.05) is 12.4 Å². The van der Waals surface area contributed by atoms with E-state index in [-0.39, 0.29) is 11.8 Å². The highest BCUT2D eigenvalue weighted by Crippen LogP contribution is 2.47. The molecule has 4 heteroatoms. The number of anilines is 1. The molecule has 2 aromatic carbocycles. The number of hydrogen-bond donors (Lipinski definition) is 1. The SMILES string of the molecule is COc1ccc(C2Nc3ccc4ncccc4c3C3=C2C(=O)CCC3)cc1. The number of fused-ring (bicyclic) bond motifs is 4. The number of carbonyl (C=O) groups is 1. The normalized spacial score (nSPS) is 18.7. The number of nitrogens with one attached hydrogen (secondary N) is 1. The predicted octanol–water partition coefficient (Wildman–Crippen LogP) is 4.92. The van der Waals surface area contributed by atoms with Crippen molar-refractivity contribution in [1.29, 1.82) is 0 Å². The van der Waals surface area contributed by atoms with E-state index >= 15 is 0 Å². The Labute approximate surface area is 157 Å². The highest BCUT2D eigenvalue weighted by atomic mass is 16.5. The lowest BCUT2D eigenvalue weighted by Gasteiger charge is -2.35. The average molecular weight is 356 g/mol. The summed E-state index contributed by atoms with van der Waals surface area (Å²) < 4.78 is 5.28. The maximum atomic E-state index is 12.9. The Morgan fingerprint density at radius 2 is 1.93 bits per heavy atom. The maximum absolute atomic E-state index is 12.9. The van der Waals surface area contributed by atoms with Gasteiger partial charge in [-0.3, -0.25) is 9.78 Å². The molecule has 0 saturated carbocycles. The third-order valence-electron chi connectivity index (χ3n) is 5.58. The Morgan fingerprint density at radius 1 is 1.07 bits per heavy atom. The molecule has 1 unspecified atom stereocenters. The van der Waals surface area contributed by atoms with E-state index in [1.807, 2.05) is 42.6 Å². The molecule has 1 aliphatic carbocycles. The molecule has 2 aliphatic rings. The quantitative estimate of drug-likeness (QED) is 0.708. The van der Waals surface area contributed by atoms with Crippen molar-refractivity contribution in [3.05, 3.63) is 71.4 Å². The van der Waals surface area contributed by atoms with Crippen LogP contribution in [0.1, 0.15) is 36.4 Å². The lowest BCUT2D eigenvalue weighted by atomic mass is 9.77. The van der Waals surface area contributed by atoms with Crippen LogP contribution in [0.15, 0.2) is 60.3 Å². The first-order chi connectivity index (χ1) is 13.3. The van der Waals surface area contributed by atoms with E-state index in [1.54, 1.807) is 7.11 Å². The summed E-state index contributed by atoms with van der Waals surface area (Å²) in [6, 6.07) is 16.0. The van der Waals surface area contributed by atoms with Crippen LogP contribution >= 0.6 is 0 Å². The van der Waals surface area contributed by atoms with E-state index in [0.717, 1.165) is 51.9 Å². The van der Waals surface area contributed by atoms with Crippen molar-refractivity contribution in [1.82, 2.24) is 4.98 Å². The minimum absolute atomic E-state index is 0.125. The van der Waals surface area contributed by atoms with Gasteiger partial charge in [-0.25, -0.2) is 0 Å². The van der Waals surface area contributed by atoms with Gasteiger partial charge in [0.05, 0.1) is 18.7 Å². The molecular weight excluding hydrogens is 336 g/mol. The largest absolute Gasteiger partial charge is 0.497 e. The Kier molecular flexibility index (Phi) is 3.71. The monoisotopic (exact) mass is 356 g/mol. The zero-order valence-electron chi connectivity index (χ0n) is 15.2. The van der Waals surface area contributed by atoms with Gasteiger partial charge in [-0.15, -0.1) is 0 Å². The number of ether oxygens (including phenoxy) is 1. The van der Waals surface area contributed by atoms with Gasteiger partial charge in [-0.2, -0.15) is 0 Å². The number of carbonyl (C=O) groups excluding carboxylic acids is 1. The summed E-state index contributed by atoms with van der Waals surface area (Å²) in [6.07, 6.45) is 4.26. The van der Waals surface area contributed by atoms with Crippen molar-refractivity contribution in [2.24, 2.45) is 0 Å². The standard InChI is InChI=1S/C23H20N2O2/c1-27-15-9-7-14(8-10-15)23-22-17(4-2-6-20(22)26)21-16-5-3-13-24-18(16)11-12-19(21)25-23/h3,5,7-13,23,25H,2,4,6H2,1H3. The third kappa shape index (κ3) is 2.52. The van der Waals surface area contributed by atoms with Crippen LogP contribution in [0.2, 0.25) is 0 Å². The van der Waals surface area contributed by atoms with E-state index in [0.29, 0.717) is 6.42 Å². The van der Waals surface area contributed by atoms with Crippen molar-refractivity contribution in [2.45, 2.75) is 25.3 Å². The minimum Gasteiger partial charge on any atom is -0.497 e. The first-order valence-electron chi connectivity index (χ1n) is 9.31. The predicted molar refractivity (Wildman–Crippen MR) is 107 cm³/mol. The van der Waals surface area contributed by atoms with Crippen molar-refractivity contribution in [3.63, 3.8) is 0 Å². The molecule has 0 bridgehead atoms. The molecule has 3 aromatic rings. The van der Waals surface area contributed by atoms with E-state index in [4.69, 9.17) is 4.74 Å². The van der Waals surface area contributed by atoms with Gasteiger partial charge in [0.15, 0.2) is 5.78 Å². The van der Waals surface area contributed by atoms with E-state index < -0.39 is 0 Å². The summed E-state index contributed by atoms with van der Waals surface area (Å²) in [5.74, 6) is 1.06. The van der Waals surface area contributed by atoms with Gasteiger partial charge < -0.3 is 10.1 Å². The first-order valence-corrected chi connectivity index (χ1v) is 9.31. The maximum Gasteiger partial charge on any atom is 0.161 e. The Morgan fingerprint density at radius 3 is 2.74 bits per heavy atom. The summed E-state index contributed by atoms with van der Waals surface area (Å²) in [7, 11) is 1.66. The van der Waals surface area contributed by atoms with E-state index in [9.17, 15) is 4.79 Å². The minimum atomic E-state index is -0.125. The van der Waals surface area contributed by atoms with Gasteiger partial charge in [0, 0.05) is 34.8 Å². The van der Waals surface area contributed by atoms with Crippen molar-refractivity contribution in [3.8, 4) is 5.75 Å². The second kappa shape index (κ2) is 6.23. The van der Waals surface area contributed by atoms with Gasteiger partial charge in [0.1, 0.15) is 5.75 Å². The molecule has 0 fully saturated rings. The number of pyridine rings is 1. The summed E-state index contributed by atoms with van der Waals surface area (Å²) in [5, 5.41) is 4.73. The smallest absolute Gasteiger partial charge is 0.161 e. The van der Waals surface area contributed by atoms with Crippen LogP contribution in [-0.2, 0) is 4.79 Å². The number of aromatic nitrogens is 1. The Balaban J connectivity index is 1.73. The second-order valence-corrected chi connectivity index (χ2v) is 7.08. The molecule has 2 heterocycles. The molecule has 1 aromatic heterocycles. The van der Waals surface area contributed by atoms with Gasteiger partial charge in [0.2, 0.25) is 0 Å². The van der Waals surface area contributed by atoms with Crippen molar-refractivity contribution < 1.29 is 9.53 Å². The molecule has 0 spiro atoms. The Hall–Kier alpha value is -3.14. The zero-order valence-corrected chi connectivity index (χ0v) is 15.2. The summed E-state index contributed by atoms with van der Waals surface area (Å²) >= 11 is 0. The molecule has 1 atom stereocenters. The molecule has 1 aliphatic heterocycles. The summed E-state index contributed by atoms with van der Waals surface area (Å²) in [5.41, 5.74) is 6.36. The highest BCUT2D eigenvalue weighted by molar-refractivity contribution is 6.12. The molecular formula is C23H20N2O2. The summed E-state index contributed by atoms with van der Waals surface area (Å²) in [6.45, 7) is 0. The fraction of sp³-hybridized carbons (Fsp3) is 0.217. The number of nitrogens with zero attached hydrogens (tertiary/aromatic N) is 1. The molecule has 0 radical (unpaired) electrons. The second-order valence-electron chi connectivity index (χ2n) is 7.08. The van der Waals surface area contributed by atoms with Crippen LogP contribution in [0.3, 0.4) is 0 Å². The van der Waals surface area contributed by atoms with E-state index in [2.05, 4.69) is 22.4 Å². The average Bonchev–Trinajstić information content (AvgIpc) is 2.73. The van der Waals surface area contributed by atoms with Crippen LogP contribution in [0.4, 0.5) is 5.69 Å². The van der Waals surface area contributed by atoms with Crippen molar-refractivity contribution >= 4 is 27.9 Å². The number of ketones is 1. The number of rotatable bonds is 2. The number of methoxy groups -OCH3 is 1. The highest BCUT2D eigenvalue weighted by Gasteiger charge is 2.34. The zero-order chi connectivity index (χ0) is 18.4. The molecule has 27 heavy (non-hydrogen) atoms. The van der Waals surface area contributed by atoms with E-state index in [1.165, 1.54) is 5.57 Å². The summed E-state index contributed by atoms with van der Waals surface area (Å²) in [4.78, 5) is 17.4. The number of Topliss-reactive ketones (excluding diaryl/α,β-unsaturated/α-hetero) is 1. The molecule has 0 saturated heterocycles. The van der Waals surface area contributed by atoms with Gasteiger partial charge >= 0.3 is 0 Å². The fourth-order valence-electron chi connectivity index (χ4n) is 4.33. The van der Waals surface area contributed by atoms with Crippen LogP contribution in [-0.4, -0.2) is 17.9 Å². The number of hydrogen-bond acceptors (Lipinski definition) is 4. The fourth-order valence-corrected chi connectivity index (χ4v) is 4.33. The first kappa shape index (κ1) is 16.1. The van der Waals surface area contributed by atoms with Crippen LogP contribution < -0.4 is 10.1 Å². The number of allylic oxidation sites excluding steroid dienone is 1. The lowest BCUT2D eigenvalue weighted by Crippen LogP contribution is -2.27. The Bertz CT molecular complexity index is 1080. The molecule has 0 amide bonds. The third-order valence-corrected chi connectivity index (χ3v) is 5.58. The number of benzene rings is 2. The lowest BCUT2D eigenvalue weighted by molar-refractivity contribution is -0.116. The van der Waals surface area contributed by atoms with Crippen LogP contribution in [0, 0.1) is 0 Å². The molecule has 1 N–H and O–H groups in total. The molecule has 5 rings (SSSR count). The molecule has 4 nitrogen and oxygen atoms in total.